The van der Waals surface area contributed by atoms with Gasteiger partial charge in [0.25, 0.3) is 11.8 Å². The Morgan fingerprint density at radius 3 is 2.22 bits per heavy atom. The fourth-order valence-corrected chi connectivity index (χ4v) is 4.23. The van der Waals surface area contributed by atoms with Gasteiger partial charge in [0.15, 0.2) is 0 Å². The van der Waals surface area contributed by atoms with Gasteiger partial charge in [0, 0.05) is 6.54 Å². The topological polar surface area (TPSA) is 80.8 Å². The summed E-state index contributed by atoms with van der Waals surface area (Å²) in [5, 5.41) is 1.65. The van der Waals surface area contributed by atoms with E-state index in [4.69, 9.17) is 4.18 Å². The van der Waals surface area contributed by atoms with Crippen LogP contribution >= 0.6 is 11.3 Å². The molecule has 2 heterocycles. The van der Waals surface area contributed by atoms with Crippen molar-refractivity contribution in [2.24, 2.45) is 0 Å². The number of carbonyl (C=O) groups excluding carboxylic acids is 2. The predicted molar refractivity (Wildman–Crippen MR) is 83.9 cm³/mol. The molecule has 0 atom stereocenters. The number of thiophene rings is 1. The lowest BCUT2D eigenvalue weighted by Crippen LogP contribution is -2.31. The molecule has 0 radical (unpaired) electrons. The van der Waals surface area contributed by atoms with Crippen molar-refractivity contribution in [3.8, 4) is 0 Å². The van der Waals surface area contributed by atoms with Crippen molar-refractivity contribution >= 4 is 33.3 Å². The number of amides is 2. The fourth-order valence-electron chi connectivity index (χ4n) is 2.30. The van der Waals surface area contributed by atoms with Crippen LogP contribution in [-0.2, 0) is 14.3 Å². The van der Waals surface area contributed by atoms with Crippen LogP contribution in [-0.4, -0.2) is 38.3 Å². The predicted octanol–water partition coefficient (Wildman–Crippen LogP) is 2.14. The van der Waals surface area contributed by atoms with Gasteiger partial charge in [0.1, 0.15) is 4.21 Å². The Labute approximate surface area is 137 Å². The van der Waals surface area contributed by atoms with Gasteiger partial charge in [-0.05, 0) is 30.0 Å². The van der Waals surface area contributed by atoms with Crippen LogP contribution in [0.5, 0.6) is 0 Å². The average molecular weight is 351 g/mol. The summed E-state index contributed by atoms with van der Waals surface area (Å²) in [5.41, 5.74) is 0.759. The molecule has 2 amide bonds. The van der Waals surface area contributed by atoms with Crippen molar-refractivity contribution in [3.63, 3.8) is 0 Å². The van der Waals surface area contributed by atoms with Crippen LogP contribution in [0.25, 0.3) is 0 Å². The van der Waals surface area contributed by atoms with E-state index in [0.717, 1.165) is 16.2 Å². The first-order chi connectivity index (χ1) is 11.0. The Kier molecular flexibility index (Phi) is 4.29. The molecule has 0 bridgehead atoms. The lowest BCUT2D eigenvalue weighted by atomic mass is 10.1. The van der Waals surface area contributed by atoms with E-state index in [1.165, 1.54) is 6.07 Å². The molecule has 8 heteroatoms. The summed E-state index contributed by atoms with van der Waals surface area (Å²) >= 11 is 1.07. The quantitative estimate of drug-likeness (QED) is 0.452. The minimum absolute atomic E-state index is 0.0896. The Hall–Kier alpha value is -2.03. The molecule has 0 unspecified atom stereocenters. The van der Waals surface area contributed by atoms with Gasteiger partial charge in [-0.25, -0.2) is 0 Å². The van der Waals surface area contributed by atoms with Gasteiger partial charge >= 0.3 is 10.1 Å². The van der Waals surface area contributed by atoms with Crippen LogP contribution in [0.15, 0.2) is 46.0 Å². The standard InChI is InChI=1S/C15H13NO5S2/c17-14-11-5-1-2-6-12(11)15(18)16(14)8-4-9-21-23(19,20)13-7-3-10-22-13/h1-3,5-7,10H,4,8-9H2. The molecule has 0 aliphatic carbocycles. The van der Waals surface area contributed by atoms with E-state index in [9.17, 15) is 18.0 Å². The number of nitrogens with zero attached hydrogens (tertiary/aromatic N) is 1. The average Bonchev–Trinajstić information content (AvgIpc) is 3.15. The maximum atomic E-state index is 12.1. The zero-order valence-corrected chi connectivity index (χ0v) is 13.6. The smallest absolute Gasteiger partial charge is 0.274 e. The second kappa shape index (κ2) is 6.23. The Morgan fingerprint density at radius 1 is 1.00 bits per heavy atom. The van der Waals surface area contributed by atoms with Crippen LogP contribution in [0.2, 0.25) is 0 Å². The third-order valence-electron chi connectivity index (χ3n) is 3.38. The fraction of sp³-hybridized carbons (Fsp3) is 0.200. The van der Waals surface area contributed by atoms with Crippen LogP contribution < -0.4 is 0 Å². The summed E-state index contributed by atoms with van der Waals surface area (Å²) in [6.45, 7) is 0.0277. The van der Waals surface area contributed by atoms with Gasteiger partial charge in [-0.1, -0.05) is 18.2 Å². The molecule has 0 N–H and O–H groups in total. The first-order valence-electron chi connectivity index (χ1n) is 6.89. The maximum absolute atomic E-state index is 12.1. The van der Waals surface area contributed by atoms with Gasteiger partial charge in [-0.3, -0.25) is 18.7 Å². The number of rotatable bonds is 6. The monoisotopic (exact) mass is 351 g/mol. The van der Waals surface area contributed by atoms with E-state index in [1.54, 1.807) is 35.7 Å². The van der Waals surface area contributed by atoms with Crippen molar-refractivity contribution in [2.75, 3.05) is 13.2 Å². The first kappa shape index (κ1) is 15.9. The van der Waals surface area contributed by atoms with E-state index >= 15 is 0 Å². The highest BCUT2D eigenvalue weighted by Gasteiger charge is 2.34. The summed E-state index contributed by atoms with van der Waals surface area (Å²) in [4.78, 5) is 25.4. The van der Waals surface area contributed by atoms with Crippen LogP contribution in [0.4, 0.5) is 0 Å². The normalized spacial score (nSPS) is 14.3. The Morgan fingerprint density at radius 2 is 1.65 bits per heavy atom. The number of carbonyl (C=O) groups is 2. The number of hydrogen-bond acceptors (Lipinski definition) is 6. The number of benzene rings is 1. The van der Waals surface area contributed by atoms with Crippen molar-refractivity contribution in [2.45, 2.75) is 10.6 Å². The molecular formula is C15H13NO5S2. The number of fused-ring (bicyclic) bond motifs is 1. The zero-order valence-electron chi connectivity index (χ0n) is 12.0. The molecule has 1 aliphatic heterocycles. The van der Waals surface area contributed by atoms with Crippen molar-refractivity contribution in [1.82, 2.24) is 4.90 Å². The van der Waals surface area contributed by atoms with Crippen LogP contribution in [0.1, 0.15) is 27.1 Å². The molecule has 2 aromatic rings. The third-order valence-corrected chi connectivity index (χ3v) is 6.05. The van der Waals surface area contributed by atoms with E-state index in [0.29, 0.717) is 11.1 Å². The van der Waals surface area contributed by atoms with Gasteiger partial charge in [-0.15, -0.1) is 11.3 Å². The molecule has 23 heavy (non-hydrogen) atoms. The molecule has 1 aromatic carbocycles. The highest BCUT2D eigenvalue weighted by Crippen LogP contribution is 2.23. The molecule has 120 valence electrons. The minimum atomic E-state index is -3.76. The lowest BCUT2D eigenvalue weighted by molar-refractivity contribution is 0.0647. The highest BCUT2D eigenvalue weighted by atomic mass is 32.3. The summed E-state index contributed by atoms with van der Waals surface area (Å²) in [6, 6.07) is 9.69. The molecule has 1 aromatic heterocycles. The highest BCUT2D eigenvalue weighted by molar-refractivity contribution is 7.89. The molecule has 1 aliphatic rings. The van der Waals surface area contributed by atoms with Gasteiger partial charge in [0.2, 0.25) is 0 Å². The number of hydrogen-bond donors (Lipinski definition) is 0. The van der Waals surface area contributed by atoms with Crippen LogP contribution in [0, 0.1) is 0 Å². The van der Waals surface area contributed by atoms with E-state index in [-0.39, 0.29) is 35.6 Å². The van der Waals surface area contributed by atoms with Gasteiger partial charge < -0.3 is 0 Å². The maximum Gasteiger partial charge on any atom is 0.306 e. The van der Waals surface area contributed by atoms with Gasteiger partial charge in [-0.2, -0.15) is 8.42 Å². The molecule has 6 nitrogen and oxygen atoms in total. The lowest BCUT2D eigenvalue weighted by Gasteiger charge is -2.13. The molecular weight excluding hydrogens is 338 g/mol. The second-order valence-corrected chi connectivity index (χ2v) is 7.66. The Bertz CT molecular complexity index is 808. The molecule has 0 fully saturated rings. The zero-order chi connectivity index (χ0) is 16.4. The SMILES string of the molecule is O=C1c2ccccc2C(=O)N1CCCOS(=O)(=O)c1cccs1. The number of imide groups is 1. The minimum Gasteiger partial charge on any atom is -0.274 e. The van der Waals surface area contributed by atoms with Crippen molar-refractivity contribution < 1.29 is 22.2 Å². The molecule has 0 saturated carbocycles. The first-order valence-corrected chi connectivity index (χ1v) is 9.17. The molecule has 0 saturated heterocycles. The van der Waals surface area contributed by atoms with Gasteiger partial charge in [0.05, 0.1) is 17.7 Å². The van der Waals surface area contributed by atoms with E-state index < -0.39 is 10.1 Å². The molecule has 3 rings (SSSR count). The largest absolute Gasteiger partial charge is 0.306 e. The Balaban J connectivity index is 1.56. The van der Waals surface area contributed by atoms with Crippen LogP contribution in [0.3, 0.4) is 0 Å². The second-order valence-electron chi connectivity index (χ2n) is 4.87. The van der Waals surface area contributed by atoms with E-state index in [2.05, 4.69) is 0 Å². The summed E-state index contributed by atoms with van der Waals surface area (Å²) in [6.07, 6.45) is 0.246. The molecule has 0 spiro atoms. The summed E-state index contributed by atoms with van der Waals surface area (Å²) in [7, 11) is -3.76. The third kappa shape index (κ3) is 3.05. The van der Waals surface area contributed by atoms with Crippen molar-refractivity contribution in [3.05, 3.63) is 52.9 Å². The summed E-state index contributed by atoms with van der Waals surface area (Å²) < 4.78 is 28.7. The van der Waals surface area contributed by atoms with E-state index in [1.807, 2.05) is 0 Å². The van der Waals surface area contributed by atoms with Crippen molar-refractivity contribution in [1.29, 1.82) is 0 Å². The summed E-state index contributed by atoms with van der Waals surface area (Å²) in [5.74, 6) is -0.710.